The van der Waals surface area contributed by atoms with E-state index < -0.39 is 0 Å². The Morgan fingerprint density at radius 3 is 2.72 bits per heavy atom. The average molecular weight is 270 g/mol. The van der Waals surface area contributed by atoms with Gasteiger partial charge in [-0.05, 0) is 38.9 Å². The fourth-order valence-electron chi connectivity index (χ4n) is 2.34. The predicted octanol–water partition coefficient (Wildman–Crippen LogP) is 1.49. The molecule has 0 aromatic carbocycles. The minimum Gasteiger partial charge on any atom is -0.368 e. The summed E-state index contributed by atoms with van der Waals surface area (Å²) in [5.74, 6) is 1.74. The Labute approximate surface area is 113 Å². The monoisotopic (exact) mass is 269 g/mol. The molecular weight excluding hydrogens is 250 g/mol. The fraction of sp³-hybridized carbons (Fsp3) is 0.667. The molecule has 18 heavy (non-hydrogen) atoms. The Hall–Kier alpha value is -1.07. The van der Waals surface area contributed by atoms with Gasteiger partial charge in [-0.25, -0.2) is 4.98 Å². The second kappa shape index (κ2) is 5.71. The van der Waals surface area contributed by atoms with Crippen molar-refractivity contribution >= 4 is 23.4 Å². The molecule has 0 spiro atoms. The maximum absolute atomic E-state index is 5.89. The molecule has 0 aliphatic carbocycles. The van der Waals surface area contributed by atoms with Crippen molar-refractivity contribution in [3.8, 4) is 0 Å². The Morgan fingerprint density at radius 2 is 2.11 bits per heavy atom. The minimum atomic E-state index is 0.229. The number of rotatable bonds is 3. The average Bonchev–Trinajstić information content (AvgIpc) is 2.31. The van der Waals surface area contributed by atoms with Crippen LogP contribution in [0.5, 0.6) is 0 Å². The number of nitrogens with zero attached hydrogens (tertiary/aromatic N) is 4. The van der Waals surface area contributed by atoms with E-state index in [0.717, 1.165) is 12.4 Å². The van der Waals surface area contributed by atoms with Crippen LogP contribution in [0.3, 0.4) is 0 Å². The second-order valence-corrected chi connectivity index (χ2v) is 5.42. The van der Waals surface area contributed by atoms with E-state index in [0.29, 0.717) is 11.1 Å². The molecule has 0 bridgehead atoms. The number of nitrogen functional groups attached to an aromatic ring is 1. The Balaban J connectivity index is 1.96. The molecule has 1 fully saturated rings. The number of hydrogen-bond acceptors (Lipinski definition) is 5. The summed E-state index contributed by atoms with van der Waals surface area (Å²) in [6.45, 7) is 3.33. The molecule has 0 atom stereocenters. The first-order valence-electron chi connectivity index (χ1n) is 6.24. The van der Waals surface area contributed by atoms with Gasteiger partial charge in [0, 0.05) is 19.7 Å². The Bertz CT molecular complexity index is 383. The molecule has 6 heteroatoms. The summed E-state index contributed by atoms with van der Waals surface area (Å²) in [7, 11) is 4.20. The number of aromatic nitrogens is 2. The number of anilines is 2. The van der Waals surface area contributed by atoms with E-state index in [2.05, 4.69) is 26.8 Å². The largest absolute Gasteiger partial charge is 0.368 e. The first kappa shape index (κ1) is 13.4. The number of piperidine rings is 1. The van der Waals surface area contributed by atoms with Crippen LogP contribution in [0, 0.1) is 5.92 Å². The predicted molar refractivity (Wildman–Crippen MR) is 74.9 cm³/mol. The second-order valence-electron chi connectivity index (χ2n) is 5.03. The molecule has 0 unspecified atom stereocenters. The van der Waals surface area contributed by atoms with Crippen molar-refractivity contribution in [3.63, 3.8) is 0 Å². The van der Waals surface area contributed by atoms with Crippen molar-refractivity contribution in [3.05, 3.63) is 11.2 Å². The molecule has 0 saturated carbocycles. The van der Waals surface area contributed by atoms with Crippen LogP contribution in [0.2, 0.25) is 5.15 Å². The molecule has 5 nitrogen and oxygen atoms in total. The molecule has 1 aliphatic rings. The molecule has 100 valence electrons. The molecule has 1 saturated heterocycles. The van der Waals surface area contributed by atoms with Gasteiger partial charge >= 0.3 is 0 Å². The number of nitrogens with two attached hydrogens (primary N) is 1. The van der Waals surface area contributed by atoms with Crippen molar-refractivity contribution in [2.75, 3.05) is 44.4 Å². The van der Waals surface area contributed by atoms with Crippen molar-refractivity contribution in [1.82, 2.24) is 14.9 Å². The first-order valence-corrected chi connectivity index (χ1v) is 6.62. The van der Waals surface area contributed by atoms with E-state index in [1.807, 2.05) is 7.05 Å². The third-order valence-corrected chi connectivity index (χ3v) is 3.65. The maximum Gasteiger partial charge on any atom is 0.223 e. The van der Waals surface area contributed by atoms with Crippen LogP contribution >= 0.6 is 11.6 Å². The van der Waals surface area contributed by atoms with Gasteiger partial charge in [-0.1, -0.05) is 11.6 Å². The molecule has 0 radical (unpaired) electrons. The molecular formula is C12H20ClN5. The normalized spacial score (nSPS) is 17.9. The summed E-state index contributed by atoms with van der Waals surface area (Å²) >= 11 is 5.89. The van der Waals surface area contributed by atoms with Crippen LogP contribution in [-0.2, 0) is 0 Å². The highest BCUT2D eigenvalue weighted by molar-refractivity contribution is 6.29. The standard InChI is InChI=1S/C12H20ClN5/c1-17-5-3-9(4-6-17)8-18(2)11-7-10(13)15-12(14)16-11/h7,9H,3-6,8H2,1-2H3,(H2,14,15,16). The van der Waals surface area contributed by atoms with Gasteiger partial charge in [0.15, 0.2) is 0 Å². The number of hydrogen-bond donors (Lipinski definition) is 1. The van der Waals surface area contributed by atoms with E-state index in [1.165, 1.54) is 25.9 Å². The van der Waals surface area contributed by atoms with Crippen LogP contribution in [-0.4, -0.2) is 48.6 Å². The van der Waals surface area contributed by atoms with Gasteiger partial charge in [0.05, 0.1) is 0 Å². The topological polar surface area (TPSA) is 58.3 Å². The van der Waals surface area contributed by atoms with Crippen molar-refractivity contribution < 1.29 is 0 Å². The molecule has 1 aliphatic heterocycles. The quantitative estimate of drug-likeness (QED) is 0.843. The maximum atomic E-state index is 5.89. The minimum absolute atomic E-state index is 0.229. The zero-order valence-electron chi connectivity index (χ0n) is 10.9. The molecule has 1 aromatic heterocycles. The van der Waals surface area contributed by atoms with Crippen LogP contribution in [0.4, 0.5) is 11.8 Å². The van der Waals surface area contributed by atoms with Gasteiger partial charge in [-0.3, -0.25) is 0 Å². The number of halogens is 1. The van der Waals surface area contributed by atoms with Crippen molar-refractivity contribution in [1.29, 1.82) is 0 Å². The van der Waals surface area contributed by atoms with Gasteiger partial charge in [-0.2, -0.15) is 4.98 Å². The first-order chi connectivity index (χ1) is 8.54. The Kier molecular flexibility index (Phi) is 4.24. The van der Waals surface area contributed by atoms with Gasteiger partial charge < -0.3 is 15.5 Å². The van der Waals surface area contributed by atoms with Crippen LogP contribution in [0.25, 0.3) is 0 Å². The third-order valence-electron chi connectivity index (χ3n) is 3.46. The summed E-state index contributed by atoms with van der Waals surface area (Å²) in [4.78, 5) is 12.6. The van der Waals surface area contributed by atoms with Crippen molar-refractivity contribution in [2.45, 2.75) is 12.8 Å². The van der Waals surface area contributed by atoms with Crippen LogP contribution < -0.4 is 10.6 Å². The van der Waals surface area contributed by atoms with E-state index >= 15 is 0 Å². The molecule has 0 amide bonds. The highest BCUT2D eigenvalue weighted by Crippen LogP contribution is 2.21. The van der Waals surface area contributed by atoms with E-state index in [4.69, 9.17) is 17.3 Å². The SMILES string of the molecule is CN1CCC(CN(C)c2cc(Cl)nc(N)n2)CC1. The highest BCUT2D eigenvalue weighted by atomic mass is 35.5. The van der Waals surface area contributed by atoms with Gasteiger partial charge in [0.25, 0.3) is 0 Å². The summed E-state index contributed by atoms with van der Waals surface area (Å²) < 4.78 is 0. The zero-order chi connectivity index (χ0) is 13.1. The lowest BCUT2D eigenvalue weighted by Crippen LogP contribution is -2.36. The van der Waals surface area contributed by atoms with Crippen molar-refractivity contribution in [2.24, 2.45) is 5.92 Å². The van der Waals surface area contributed by atoms with Crippen LogP contribution in [0.15, 0.2) is 6.07 Å². The summed E-state index contributed by atoms with van der Waals surface area (Å²) in [6.07, 6.45) is 2.46. The lowest BCUT2D eigenvalue weighted by molar-refractivity contribution is 0.222. The van der Waals surface area contributed by atoms with E-state index in [1.54, 1.807) is 6.07 Å². The van der Waals surface area contributed by atoms with Gasteiger partial charge in [0.1, 0.15) is 11.0 Å². The van der Waals surface area contributed by atoms with E-state index in [9.17, 15) is 0 Å². The zero-order valence-corrected chi connectivity index (χ0v) is 11.7. The molecule has 2 heterocycles. The lowest BCUT2D eigenvalue weighted by atomic mass is 9.97. The summed E-state index contributed by atoms with van der Waals surface area (Å²) in [6, 6.07) is 1.76. The number of likely N-dealkylation sites (tertiary alicyclic amines) is 1. The highest BCUT2D eigenvalue weighted by Gasteiger charge is 2.19. The fourth-order valence-corrected chi connectivity index (χ4v) is 2.53. The van der Waals surface area contributed by atoms with E-state index in [-0.39, 0.29) is 5.95 Å². The lowest BCUT2D eigenvalue weighted by Gasteiger charge is -2.32. The van der Waals surface area contributed by atoms with Gasteiger partial charge in [-0.15, -0.1) is 0 Å². The van der Waals surface area contributed by atoms with Crippen LogP contribution in [0.1, 0.15) is 12.8 Å². The molecule has 1 aromatic rings. The summed E-state index contributed by atoms with van der Waals surface area (Å²) in [5.41, 5.74) is 5.61. The smallest absolute Gasteiger partial charge is 0.223 e. The van der Waals surface area contributed by atoms with Gasteiger partial charge in [0.2, 0.25) is 5.95 Å². The summed E-state index contributed by atoms with van der Waals surface area (Å²) in [5, 5.41) is 0.396. The third kappa shape index (κ3) is 3.46. The molecule has 2 rings (SSSR count). The Morgan fingerprint density at radius 1 is 1.44 bits per heavy atom. The molecule has 2 N–H and O–H groups in total.